The van der Waals surface area contributed by atoms with Crippen LogP contribution in [0.25, 0.3) is 34.6 Å². The van der Waals surface area contributed by atoms with E-state index in [9.17, 15) is 18.3 Å². The van der Waals surface area contributed by atoms with Gasteiger partial charge in [0.2, 0.25) is 0 Å². The second kappa shape index (κ2) is 23.2. The van der Waals surface area contributed by atoms with Crippen LogP contribution < -0.4 is 33.2 Å². The third-order valence-corrected chi connectivity index (χ3v) is 11.8. The molecule has 73 heavy (non-hydrogen) atoms. The van der Waals surface area contributed by atoms with Gasteiger partial charge >= 0.3 is 6.36 Å². The lowest BCUT2D eigenvalue weighted by Gasteiger charge is -2.30. The number of methoxy groups -OCH3 is 9. The maximum absolute atomic E-state index is 12.4. The van der Waals surface area contributed by atoms with Crippen molar-refractivity contribution in [3.63, 3.8) is 0 Å². The Balaban J connectivity index is 0.000000160. The first kappa shape index (κ1) is 52.4. The highest BCUT2D eigenvalue weighted by Crippen LogP contribution is 2.48. The fourth-order valence-electron chi connectivity index (χ4n) is 8.42. The van der Waals surface area contributed by atoms with Crippen LogP contribution in [-0.2, 0) is 41.6 Å². The van der Waals surface area contributed by atoms with Gasteiger partial charge in [0.25, 0.3) is 0 Å². The van der Waals surface area contributed by atoms with Gasteiger partial charge in [-0.1, -0.05) is 0 Å². The molecule has 3 aliphatic rings. The molecule has 0 radical (unpaired) electrons. The Hall–Kier alpha value is -8.47. The highest BCUT2D eigenvalue weighted by molar-refractivity contribution is 5.90. The van der Waals surface area contributed by atoms with E-state index in [1.165, 1.54) is 25.3 Å². The molecule has 384 valence electrons. The summed E-state index contributed by atoms with van der Waals surface area (Å²) in [6, 6.07) is 33.4. The third-order valence-electron chi connectivity index (χ3n) is 11.8. The minimum Gasteiger partial charge on any atom is -0.508 e. The van der Waals surface area contributed by atoms with Gasteiger partial charge in [0.05, 0.1) is 64.0 Å². The van der Waals surface area contributed by atoms with Crippen molar-refractivity contribution in [1.29, 1.82) is 0 Å². The second-order valence-electron chi connectivity index (χ2n) is 15.9. The summed E-state index contributed by atoms with van der Waals surface area (Å²) in [6.45, 7) is 2.44. The summed E-state index contributed by atoms with van der Waals surface area (Å²) < 4.78 is 108. The van der Waals surface area contributed by atoms with Gasteiger partial charge in [0.1, 0.15) is 42.3 Å². The van der Waals surface area contributed by atoms with Crippen LogP contribution >= 0.6 is 0 Å². The van der Waals surface area contributed by atoms with Crippen molar-refractivity contribution in [3.05, 3.63) is 165 Å². The number of phenolic OH excluding ortho intramolecular Hbond substituents is 1. The van der Waals surface area contributed by atoms with Gasteiger partial charge in [-0.3, -0.25) is 0 Å². The molecule has 0 saturated carbocycles. The number of hydrogen-bond donors (Lipinski definition) is 1. The van der Waals surface area contributed by atoms with Crippen LogP contribution in [-0.4, -0.2) is 75.5 Å². The smallest absolute Gasteiger partial charge is 0.508 e. The Bertz CT molecular complexity index is 2980. The Morgan fingerprint density at radius 3 is 1.42 bits per heavy atom. The van der Waals surface area contributed by atoms with E-state index >= 15 is 0 Å². The SMILES string of the molecule is COC1=C(c2ccc(O)cc2)OC(C)c2c1ccc(OC)c2OC.COC1=C(c2ccc(OC)cc2)OCc2c1ccc(OC)c2OC.COC1=C(c2ccc(OC)cc2)OCc2cc(OC(F)(F)F)ccc21. The zero-order valence-electron chi connectivity index (χ0n) is 41.8. The van der Waals surface area contributed by atoms with Crippen LogP contribution in [0.4, 0.5) is 13.2 Å². The normalized spacial score (nSPS) is 14.3. The molecule has 0 aromatic heterocycles. The van der Waals surface area contributed by atoms with Gasteiger partial charge in [-0.05, 0) is 122 Å². The fourth-order valence-corrected chi connectivity index (χ4v) is 8.42. The molecule has 1 atom stereocenters. The molecule has 6 aromatic carbocycles. The maximum atomic E-state index is 12.4. The number of phenols is 1. The molecule has 6 aromatic rings. The molecule has 0 fully saturated rings. The Kier molecular flexibility index (Phi) is 16.6. The van der Waals surface area contributed by atoms with Crippen molar-refractivity contribution >= 4 is 34.6 Å². The number of aromatic hydroxyl groups is 1. The number of alkyl halides is 3. The summed E-state index contributed by atoms with van der Waals surface area (Å²) in [5, 5.41) is 9.50. The average Bonchev–Trinajstić information content (AvgIpc) is 3.41. The van der Waals surface area contributed by atoms with Gasteiger partial charge in [-0.15, -0.1) is 13.2 Å². The topological polar surface area (TPSA) is 140 Å². The first-order valence-corrected chi connectivity index (χ1v) is 22.5. The number of rotatable bonds is 13. The molecular weight excluding hydrogens is 954 g/mol. The highest BCUT2D eigenvalue weighted by Gasteiger charge is 2.34. The van der Waals surface area contributed by atoms with Crippen molar-refractivity contribution in [1.82, 2.24) is 0 Å². The van der Waals surface area contributed by atoms with Crippen molar-refractivity contribution in [2.24, 2.45) is 0 Å². The Morgan fingerprint density at radius 1 is 0.466 bits per heavy atom. The predicted molar refractivity (Wildman–Crippen MR) is 267 cm³/mol. The summed E-state index contributed by atoms with van der Waals surface area (Å²) in [5.74, 6) is 7.61. The number of ether oxygens (including phenoxy) is 13. The molecule has 0 spiro atoms. The van der Waals surface area contributed by atoms with E-state index in [-0.39, 0.29) is 24.2 Å². The van der Waals surface area contributed by atoms with Crippen LogP contribution in [0.5, 0.6) is 46.0 Å². The zero-order chi connectivity index (χ0) is 52.4. The van der Waals surface area contributed by atoms with Crippen molar-refractivity contribution in [2.45, 2.75) is 32.6 Å². The Labute approximate surface area is 421 Å². The van der Waals surface area contributed by atoms with E-state index in [1.807, 2.05) is 67.6 Å². The van der Waals surface area contributed by atoms with E-state index in [1.54, 1.807) is 93.3 Å². The van der Waals surface area contributed by atoms with Crippen molar-refractivity contribution in [3.8, 4) is 46.0 Å². The van der Waals surface area contributed by atoms with E-state index in [0.717, 1.165) is 44.7 Å². The lowest BCUT2D eigenvalue weighted by atomic mass is 9.95. The molecule has 17 heteroatoms. The summed E-state index contributed by atoms with van der Waals surface area (Å²) >= 11 is 0. The fraction of sp³-hybridized carbons (Fsp3) is 0.250. The molecule has 3 aliphatic heterocycles. The summed E-state index contributed by atoms with van der Waals surface area (Å²) in [4.78, 5) is 0. The van der Waals surface area contributed by atoms with Crippen molar-refractivity contribution < 1.29 is 79.9 Å². The standard InChI is InChI=1S/2C19H20O5.C18H15F3O4/c1-20-13-7-5-12(6-8-13)17-19(23-4)14-9-10-16(21-2)18(22-3)15(14)11-24-17;1-11-16-14(9-10-15(21-2)19(16)23-4)18(22-3)17(24-11)12-5-7-13(20)8-6-12;1-22-13-5-3-11(4-6-13)16-17(23-2)15-8-7-14(25-18(19,20)21)9-12(15)10-24-16/h5-10H,11H2,1-4H3;5-11,20H,1-4H3;3-9H,10H2,1-2H3. The van der Waals surface area contributed by atoms with Crippen LogP contribution in [0, 0.1) is 0 Å². The minimum atomic E-state index is -4.74. The molecule has 3 heterocycles. The monoisotopic (exact) mass is 1010 g/mol. The van der Waals surface area contributed by atoms with Crippen LogP contribution in [0.15, 0.2) is 115 Å². The molecule has 1 unspecified atom stereocenters. The number of hydrogen-bond acceptors (Lipinski definition) is 14. The summed E-state index contributed by atoms with van der Waals surface area (Å²) in [6.07, 6.45) is -4.98. The lowest BCUT2D eigenvalue weighted by Crippen LogP contribution is -2.17. The second-order valence-corrected chi connectivity index (χ2v) is 15.9. The highest BCUT2D eigenvalue weighted by atomic mass is 19.4. The molecule has 1 N–H and O–H groups in total. The molecule has 9 rings (SSSR count). The summed E-state index contributed by atoms with van der Waals surface area (Å²) in [5.41, 5.74) is 7.38. The van der Waals surface area contributed by atoms with Gasteiger partial charge in [0.15, 0.2) is 57.6 Å². The molecule has 0 amide bonds. The van der Waals surface area contributed by atoms with Gasteiger partial charge in [-0.2, -0.15) is 0 Å². The molecule has 0 bridgehead atoms. The van der Waals surface area contributed by atoms with Gasteiger partial charge < -0.3 is 66.7 Å². The average molecular weight is 1010 g/mol. The quantitative estimate of drug-likeness (QED) is 0.117. The number of fused-ring (bicyclic) bond motifs is 3. The predicted octanol–water partition coefficient (Wildman–Crippen LogP) is 12.3. The van der Waals surface area contributed by atoms with Crippen LogP contribution in [0.1, 0.15) is 63.1 Å². The van der Waals surface area contributed by atoms with Gasteiger partial charge in [0, 0.05) is 50.1 Å². The third kappa shape index (κ3) is 11.4. The van der Waals surface area contributed by atoms with E-state index in [4.69, 9.17) is 56.8 Å². The van der Waals surface area contributed by atoms with E-state index in [0.29, 0.717) is 81.0 Å². The van der Waals surface area contributed by atoms with Crippen LogP contribution in [0.2, 0.25) is 0 Å². The number of halogens is 3. The number of benzene rings is 6. The van der Waals surface area contributed by atoms with Crippen LogP contribution in [0.3, 0.4) is 0 Å². The van der Waals surface area contributed by atoms with Crippen molar-refractivity contribution in [2.75, 3.05) is 64.0 Å². The molecule has 14 nitrogen and oxygen atoms in total. The largest absolute Gasteiger partial charge is 0.573 e. The lowest BCUT2D eigenvalue weighted by molar-refractivity contribution is -0.274. The van der Waals surface area contributed by atoms with E-state index in [2.05, 4.69) is 4.74 Å². The first-order valence-electron chi connectivity index (χ1n) is 22.5. The molecule has 0 aliphatic carbocycles. The minimum absolute atomic E-state index is 0.110. The Morgan fingerprint density at radius 2 is 0.918 bits per heavy atom. The maximum Gasteiger partial charge on any atom is 0.573 e. The molecular formula is C56H55F3O14. The zero-order valence-corrected chi connectivity index (χ0v) is 41.8. The summed E-state index contributed by atoms with van der Waals surface area (Å²) in [7, 11) is 14.4. The first-order chi connectivity index (χ1) is 35.2. The van der Waals surface area contributed by atoms with Gasteiger partial charge in [-0.25, -0.2) is 0 Å². The molecule has 0 saturated heterocycles. The van der Waals surface area contributed by atoms with E-state index < -0.39 is 6.36 Å².